The van der Waals surface area contributed by atoms with Crippen LogP contribution in [0.4, 0.5) is 4.39 Å². The fraction of sp³-hybridized carbons (Fsp3) is 0.710. The number of carbonyl (C=O) groups is 1. The molecule has 1 heterocycles. The number of allylic oxidation sites excluding steroid dienone is 1. The first kappa shape index (κ1) is 24.6. The van der Waals surface area contributed by atoms with Crippen molar-refractivity contribution in [3.63, 3.8) is 0 Å². The molecule has 1 saturated heterocycles. The summed E-state index contributed by atoms with van der Waals surface area (Å²) in [5, 5.41) is 10.7. The molecule has 4 nitrogen and oxygen atoms in total. The van der Waals surface area contributed by atoms with Crippen LogP contribution in [0.25, 0.3) is 0 Å². The number of likely N-dealkylation sites (N-methyl/N-ethyl adjacent to an activating group) is 1. The number of amides is 1. The van der Waals surface area contributed by atoms with Gasteiger partial charge in [-0.15, -0.1) is 0 Å². The highest BCUT2D eigenvalue weighted by Crippen LogP contribution is 2.68. The topological polar surface area (TPSA) is 43.8 Å². The second-order valence-electron chi connectivity index (χ2n) is 13.2. The minimum absolute atomic E-state index is 0.110. The predicted molar refractivity (Wildman–Crippen MR) is 140 cm³/mol. The Balaban J connectivity index is 1.18. The second kappa shape index (κ2) is 8.66. The largest absolute Gasteiger partial charge is 0.378 e. The van der Waals surface area contributed by atoms with Gasteiger partial charge in [-0.2, -0.15) is 0 Å². The van der Waals surface area contributed by atoms with E-state index in [9.17, 15) is 14.3 Å². The van der Waals surface area contributed by atoms with E-state index in [1.807, 2.05) is 7.05 Å². The Kier molecular flexibility index (Phi) is 5.92. The fourth-order valence-corrected chi connectivity index (χ4v) is 9.93. The molecule has 1 aromatic carbocycles. The molecule has 196 valence electrons. The average Bonchev–Trinajstić information content (AvgIpc) is 3.36. The van der Waals surface area contributed by atoms with Crippen molar-refractivity contribution in [2.75, 3.05) is 20.6 Å². The summed E-state index contributed by atoms with van der Waals surface area (Å²) in [6.07, 6.45) is 11.1. The molecule has 3 saturated carbocycles. The molecule has 4 aliphatic carbocycles. The number of hydrogen-bond acceptors (Lipinski definition) is 3. The van der Waals surface area contributed by atoms with Gasteiger partial charge < -0.3 is 14.9 Å². The van der Waals surface area contributed by atoms with Crippen LogP contribution in [0.2, 0.25) is 0 Å². The van der Waals surface area contributed by atoms with Crippen molar-refractivity contribution in [3.8, 4) is 0 Å². The quantitative estimate of drug-likeness (QED) is 0.558. The zero-order valence-corrected chi connectivity index (χ0v) is 22.4. The molecule has 1 aliphatic heterocycles. The lowest BCUT2D eigenvalue weighted by Crippen LogP contribution is -2.53. The summed E-state index contributed by atoms with van der Waals surface area (Å²) in [5.41, 5.74) is 2.80. The molecule has 5 aliphatic rings. The molecule has 5 heteroatoms. The van der Waals surface area contributed by atoms with Crippen molar-refractivity contribution in [1.29, 1.82) is 0 Å². The van der Waals surface area contributed by atoms with Crippen LogP contribution < -0.4 is 0 Å². The number of halogens is 1. The lowest BCUT2D eigenvalue weighted by atomic mass is 9.47. The van der Waals surface area contributed by atoms with E-state index in [2.05, 4.69) is 31.9 Å². The van der Waals surface area contributed by atoms with Gasteiger partial charge >= 0.3 is 0 Å². The standard InChI is InChI=1S/C31H43FN2O2/c1-19-25-11-12-27-24-10-7-21-17-23(34(4)29(36)28(35)20-5-8-22(32)9-6-20)13-15-30(21,2)26(24)14-16-31(25,27)18-33(19)3/h5-9,19,23-28,35H,10-18H2,1-4H3/t19-,23-,24+,25+,26-,27-,28?,30-,31-/m0/s1. The summed E-state index contributed by atoms with van der Waals surface area (Å²) in [7, 11) is 4.17. The maximum Gasteiger partial charge on any atom is 0.256 e. The Labute approximate surface area is 215 Å². The summed E-state index contributed by atoms with van der Waals surface area (Å²) < 4.78 is 13.3. The molecular weight excluding hydrogens is 451 g/mol. The zero-order valence-electron chi connectivity index (χ0n) is 22.4. The van der Waals surface area contributed by atoms with Gasteiger partial charge in [0.2, 0.25) is 0 Å². The van der Waals surface area contributed by atoms with Crippen molar-refractivity contribution < 1.29 is 14.3 Å². The number of fused-ring (bicyclic) bond motifs is 4. The smallest absolute Gasteiger partial charge is 0.256 e. The molecule has 1 spiro atoms. The normalized spacial score (nSPS) is 42.6. The SMILES string of the molecule is C[C@H]1[C@H]2CC[C@H]3[C@@H]4CC=C5C[C@@H](N(C)C(=O)C(O)c6ccc(F)cc6)CC[C@]5(C)[C@H]4CC[C@]23CN1C. The van der Waals surface area contributed by atoms with Crippen LogP contribution in [0.3, 0.4) is 0 Å². The molecule has 0 aromatic heterocycles. The Bertz CT molecular complexity index is 1060. The number of nitrogens with zero attached hydrogens (tertiary/aromatic N) is 2. The van der Waals surface area contributed by atoms with Crippen molar-refractivity contribution in [2.45, 2.75) is 83.4 Å². The van der Waals surface area contributed by atoms with Crippen molar-refractivity contribution in [3.05, 3.63) is 47.3 Å². The van der Waals surface area contributed by atoms with Crippen molar-refractivity contribution in [1.82, 2.24) is 9.80 Å². The molecule has 1 aromatic rings. The van der Waals surface area contributed by atoms with Gasteiger partial charge in [-0.3, -0.25) is 4.79 Å². The molecule has 0 bridgehead atoms. The van der Waals surface area contributed by atoms with Crippen LogP contribution in [0.1, 0.15) is 76.9 Å². The summed E-state index contributed by atoms with van der Waals surface area (Å²) in [4.78, 5) is 17.5. The highest BCUT2D eigenvalue weighted by molar-refractivity contribution is 5.82. The van der Waals surface area contributed by atoms with E-state index in [0.29, 0.717) is 11.0 Å². The van der Waals surface area contributed by atoms with E-state index in [1.54, 1.807) is 10.5 Å². The van der Waals surface area contributed by atoms with E-state index < -0.39 is 6.10 Å². The Morgan fingerprint density at radius 1 is 1.11 bits per heavy atom. The third-order valence-electron chi connectivity index (χ3n) is 12.0. The number of hydrogen-bond donors (Lipinski definition) is 1. The highest BCUT2D eigenvalue weighted by Gasteiger charge is 2.64. The minimum Gasteiger partial charge on any atom is -0.378 e. The van der Waals surface area contributed by atoms with E-state index in [0.717, 1.165) is 49.0 Å². The predicted octanol–water partition coefficient (Wildman–Crippen LogP) is 5.58. The number of likely N-dealkylation sites (tertiary alicyclic amines) is 1. The van der Waals surface area contributed by atoms with Gasteiger partial charge in [0.1, 0.15) is 5.82 Å². The number of rotatable bonds is 3. The molecule has 1 amide bonds. The molecule has 4 fully saturated rings. The summed E-state index contributed by atoms with van der Waals surface area (Å²) in [6, 6.07) is 6.43. The van der Waals surface area contributed by atoms with Gasteiger partial charge in [0.15, 0.2) is 6.10 Å². The fourth-order valence-electron chi connectivity index (χ4n) is 9.93. The third kappa shape index (κ3) is 3.48. The van der Waals surface area contributed by atoms with E-state index in [-0.39, 0.29) is 23.2 Å². The van der Waals surface area contributed by atoms with Crippen LogP contribution in [0.15, 0.2) is 35.9 Å². The first-order valence-electron chi connectivity index (χ1n) is 14.3. The summed E-state index contributed by atoms with van der Waals surface area (Å²) in [5.74, 6) is 2.68. The molecule has 9 atom stereocenters. The van der Waals surface area contributed by atoms with Crippen LogP contribution in [-0.2, 0) is 4.79 Å². The third-order valence-corrected chi connectivity index (χ3v) is 12.0. The van der Waals surface area contributed by atoms with E-state index in [1.165, 1.54) is 62.9 Å². The first-order chi connectivity index (χ1) is 17.2. The number of carbonyl (C=O) groups excluding carboxylic acids is 1. The van der Waals surface area contributed by atoms with Crippen molar-refractivity contribution >= 4 is 5.91 Å². The number of aliphatic hydroxyl groups is 1. The van der Waals surface area contributed by atoms with Gasteiger partial charge in [0.05, 0.1) is 0 Å². The summed E-state index contributed by atoms with van der Waals surface area (Å²) >= 11 is 0. The second-order valence-corrected chi connectivity index (χ2v) is 13.2. The monoisotopic (exact) mass is 494 g/mol. The number of benzene rings is 1. The molecular formula is C31H43FN2O2. The summed E-state index contributed by atoms with van der Waals surface area (Å²) in [6.45, 7) is 6.28. The van der Waals surface area contributed by atoms with Gasteiger partial charge in [0.25, 0.3) is 5.91 Å². The van der Waals surface area contributed by atoms with E-state index in [4.69, 9.17) is 0 Å². The van der Waals surface area contributed by atoms with Crippen LogP contribution >= 0.6 is 0 Å². The highest BCUT2D eigenvalue weighted by atomic mass is 19.1. The van der Waals surface area contributed by atoms with Gasteiger partial charge in [-0.1, -0.05) is 30.7 Å². The van der Waals surface area contributed by atoms with Gasteiger partial charge in [0, 0.05) is 25.7 Å². The molecule has 36 heavy (non-hydrogen) atoms. The Morgan fingerprint density at radius 3 is 2.58 bits per heavy atom. The first-order valence-corrected chi connectivity index (χ1v) is 14.3. The molecule has 0 radical (unpaired) electrons. The Hall–Kier alpha value is -1.72. The Morgan fingerprint density at radius 2 is 1.83 bits per heavy atom. The maximum absolute atomic E-state index is 13.3. The van der Waals surface area contributed by atoms with Crippen LogP contribution in [0, 0.1) is 40.3 Å². The number of aliphatic hydroxyl groups excluding tert-OH is 1. The van der Waals surface area contributed by atoms with Gasteiger partial charge in [-0.25, -0.2) is 4.39 Å². The molecule has 1 unspecified atom stereocenters. The lowest BCUT2D eigenvalue weighted by molar-refractivity contribution is -0.142. The van der Waals surface area contributed by atoms with Crippen LogP contribution in [-0.4, -0.2) is 53.5 Å². The minimum atomic E-state index is -1.24. The van der Waals surface area contributed by atoms with Gasteiger partial charge in [-0.05, 0) is 118 Å². The lowest BCUT2D eigenvalue weighted by Gasteiger charge is -2.58. The maximum atomic E-state index is 13.3. The van der Waals surface area contributed by atoms with Crippen molar-refractivity contribution in [2.24, 2.45) is 34.5 Å². The molecule has 1 N–H and O–H groups in total. The average molecular weight is 495 g/mol. The zero-order chi connectivity index (χ0) is 25.4. The van der Waals surface area contributed by atoms with Crippen LogP contribution in [0.5, 0.6) is 0 Å². The molecule has 6 rings (SSSR count). The van der Waals surface area contributed by atoms with E-state index >= 15 is 0 Å².